The molecule has 0 unspecified atom stereocenters. The second kappa shape index (κ2) is 5.04. The summed E-state index contributed by atoms with van der Waals surface area (Å²) in [7, 11) is -1.67. The summed E-state index contributed by atoms with van der Waals surface area (Å²) in [6.07, 6.45) is -0.390. The topological polar surface area (TPSA) is 35.5 Å². The molecular weight excluding hydrogens is 220 g/mol. The molecule has 0 N–H and O–H groups in total. The molecule has 0 aromatic carbocycles. The highest BCUT2D eigenvalue weighted by molar-refractivity contribution is 6.70. The van der Waals surface area contributed by atoms with Crippen LogP contribution in [0.4, 0.5) is 0 Å². The molecule has 0 aliphatic carbocycles. The van der Waals surface area contributed by atoms with Crippen molar-refractivity contribution in [2.45, 2.75) is 53.4 Å². The van der Waals surface area contributed by atoms with Crippen LogP contribution in [0.3, 0.4) is 0 Å². The molecule has 1 atom stereocenters. The molecule has 4 heteroatoms. The second-order valence-electron chi connectivity index (χ2n) is 5.98. The molecule has 0 bridgehead atoms. The third-order valence-electron chi connectivity index (χ3n) is 1.79. The van der Waals surface area contributed by atoms with Gasteiger partial charge in [-0.3, -0.25) is 4.79 Å². The first-order valence-corrected chi connectivity index (χ1v) is 8.93. The lowest BCUT2D eigenvalue weighted by atomic mass is 9.97. The molecule has 0 amide bonds. The average Bonchev–Trinajstić information content (AvgIpc) is 1.98. The molecule has 0 spiro atoms. The Bertz CT molecular complexity index is 271. The summed E-state index contributed by atoms with van der Waals surface area (Å²) in [5.41, 5.74) is -0.492. The van der Waals surface area contributed by atoms with Crippen LogP contribution < -0.4 is 0 Å². The Kier molecular flexibility index (Phi) is 4.79. The zero-order valence-electron chi connectivity index (χ0n) is 11.5. The van der Waals surface area contributed by atoms with Gasteiger partial charge in [-0.1, -0.05) is 6.58 Å². The molecule has 0 saturated carbocycles. The minimum absolute atomic E-state index is 0.236. The van der Waals surface area contributed by atoms with Crippen LogP contribution in [0.25, 0.3) is 0 Å². The highest BCUT2D eigenvalue weighted by Gasteiger charge is 2.27. The summed E-state index contributed by atoms with van der Waals surface area (Å²) in [4.78, 5) is 11.6. The molecule has 3 nitrogen and oxygen atoms in total. The van der Waals surface area contributed by atoms with Gasteiger partial charge >= 0.3 is 5.97 Å². The second-order valence-corrected chi connectivity index (χ2v) is 10.4. The van der Waals surface area contributed by atoms with Crippen LogP contribution in [0.2, 0.25) is 19.6 Å². The van der Waals surface area contributed by atoms with Crippen molar-refractivity contribution in [1.29, 1.82) is 0 Å². The van der Waals surface area contributed by atoms with E-state index in [0.717, 1.165) is 0 Å². The number of carbonyl (C=O) groups is 1. The summed E-state index contributed by atoms with van der Waals surface area (Å²) in [6, 6.07) is 0. The molecule has 94 valence electrons. The zero-order chi connectivity index (χ0) is 13.1. The third-order valence-corrected chi connectivity index (χ3v) is 2.66. The highest BCUT2D eigenvalue weighted by Crippen LogP contribution is 2.20. The van der Waals surface area contributed by atoms with Crippen molar-refractivity contribution in [3.8, 4) is 0 Å². The number of rotatable bonds is 4. The van der Waals surface area contributed by atoms with Crippen molar-refractivity contribution in [2.24, 2.45) is 5.41 Å². The predicted molar refractivity (Wildman–Crippen MR) is 68.6 cm³/mol. The van der Waals surface area contributed by atoms with Gasteiger partial charge in [-0.15, -0.1) is 0 Å². The van der Waals surface area contributed by atoms with Crippen molar-refractivity contribution in [3.05, 3.63) is 12.3 Å². The lowest BCUT2D eigenvalue weighted by molar-refractivity contribution is -0.157. The van der Waals surface area contributed by atoms with E-state index in [-0.39, 0.29) is 5.97 Å². The Morgan fingerprint density at radius 1 is 1.25 bits per heavy atom. The van der Waals surface area contributed by atoms with Gasteiger partial charge in [0.25, 0.3) is 0 Å². The third kappa shape index (κ3) is 5.95. The molecule has 0 aliphatic rings. The van der Waals surface area contributed by atoms with Crippen molar-refractivity contribution in [1.82, 2.24) is 0 Å². The van der Waals surface area contributed by atoms with Crippen LogP contribution in [0, 0.1) is 5.41 Å². The molecule has 0 rings (SSSR count). The van der Waals surface area contributed by atoms with E-state index in [1.807, 2.05) is 20.8 Å². The Morgan fingerprint density at radius 2 is 1.69 bits per heavy atom. The average molecular weight is 244 g/mol. The van der Waals surface area contributed by atoms with Crippen LogP contribution in [0.1, 0.15) is 27.7 Å². The summed E-state index contributed by atoms with van der Waals surface area (Å²) in [5.74, 6) is 0.303. The number of hydrogen-bond acceptors (Lipinski definition) is 3. The van der Waals surface area contributed by atoms with E-state index in [1.54, 1.807) is 6.92 Å². The minimum atomic E-state index is -1.67. The number of ether oxygens (including phenoxy) is 1. The van der Waals surface area contributed by atoms with Gasteiger partial charge in [0.1, 0.15) is 5.76 Å². The molecule has 0 heterocycles. The number of hydrogen-bond donors (Lipinski definition) is 0. The minimum Gasteiger partial charge on any atom is -0.545 e. The van der Waals surface area contributed by atoms with Crippen LogP contribution in [-0.2, 0) is 14.0 Å². The van der Waals surface area contributed by atoms with Gasteiger partial charge in [0.05, 0.1) is 5.41 Å². The van der Waals surface area contributed by atoms with Crippen molar-refractivity contribution in [3.63, 3.8) is 0 Å². The standard InChI is InChI=1S/C12H24O3Si/c1-9(10(2)15-16(6,7)8)14-11(13)12(3,4)5/h9H,2H2,1,3-8H3/t9-/m0/s1. The fourth-order valence-corrected chi connectivity index (χ4v) is 1.83. The normalized spacial score (nSPS) is 14.2. The van der Waals surface area contributed by atoms with E-state index in [1.165, 1.54) is 0 Å². The molecule has 0 aromatic rings. The maximum atomic E-state index is 11.6. The Labute approximate surface area is 100.0 Å². The Morgan fingerprint density at radius 3 is 2.00 bits per heavy atom. The zero-order valence-corrected chi connectivity index (χ0v) is 12.5. The summed E-state index contributed by atoms with van der Waals surface area (Å²) < 4.78 is 11.0. The van der Waals surface area contributed by atoms with E-state index < -0.39 is 19.8 Å². The van der Waals surface area contributed by atoms with E-state index in [2.05, 4.69) is 26.2 Å². The quantitative estimate of drug-likeness (QED) is 0.432. The van der Waals surface area contributed by atoms with Crippen molar-refractivity contribution in [2.75, 3.05) is 0 Å². The van der Waals surface area contributed by atoms with Gasteiger partial charge in [0.2, 0.25) is 8.32 Å². The Balaban J connectivity index is 4.33. The van der Waals surface area contributed by atoms with Crippen molar-refractivity contribution >= 4 is 14.3 Å². The fraction of sp³-hybridized carbons (Fsp3) is 0.750. The smallest absolute Gasteiger partial charge is 0.311 e. The van der Waals surface area contributed by atoms with E-state index >= 15 is 0 Å². The molecule has 0 radical (unpaired) electrons. The molecule has 16 heavy (non-hydrogen) atoms. The van der Waals surface area contributed by atoms with Crippen LogP contribution in [0.5, 0.6) is 0 Å². The molecular formula is C12H24O3Si. The van der Waals surface area contributed by atoms with E-state index in [9.17, 15) is 4.79 Å². The first-order valence-electron chi connectivity index (χ1n) is 5.52. The lowest BCUT2D eigenvalue weighted by Crippen LogP contribution is -2.32. The first-order chi connectivity index (χ1) is 6.93. The van der Waals surface area contributed by atoms with E-state index in [4.69, 9.17) is 9.16 Å². The van der Waals surface area contributed by atoms with Gasteiger partial charge < -0.3 is 9.16 Å². The monoisotopic (exact) mass is 244 g/mol. The maximum Gasteiger partial charge on any atom is 0.311 e. The summed E-state index contributed by atoms with van der Waals surface area (Å²) in [6.45, 7) is 17.3. The maximum absolute atomic E-state index is 11.6. The van der Waals surface area contributed by atoms with Crippen LogP contribution in [-0.4, -0.2) is 20.4 Å². The first kappa shape index (κ1) is 15.2. The van der Waals surface area contributed by atoms with Gasteiger partial charge in [-0.05, 0) is 47.3 Å². The molecule has 0 saturated heterocycles. The van der Waals surface area contributed by atoms with Gasteiger partial charge in [-0.25, -0.2) is 0 Å². The van der Waals surface area contributed by atoms with Crippen LogP contribution in [0.15, 0.2) is 12.3 Å². The van der Waals surface area contributed by atoms with Crippen molar-refractivity contribution < 1.29 is 14.0 Å². The summed E-state index contributed by atoms with van der Waals surface area (Å²) in [5, 5.41) is 0. The molecule has 0 fully saturated rings. The number of carbonyl (C=O) groups excluding carboxylic acids is 1. The predicted octanol–water partition coefficient (Wildman–Crippen LogP) is 3.33. The lowest BCUT2D eigenvalue weighted by Gasteiger charge is -2.26. The highest BCUT2D eigenvalue weighted by atomic mass is 28.4. The van der Waals surface area contributed by atoms with Gasteiger partial charge in [0.15, 0.2) is 6.10 Å². The van der Waals surface area contributed by atoms with E-state index in [0.29, 0.717) is 5.76 Å². The number of esters is 1. The van der Waals surface area contributed by atoms with Gasteiger partial charge in [0, 0.05) is 0 Å². The van der Waals surface area contributed by atoms with Gasteiger partial charge in [-0.2, -0.15) is 0 Å². The molecule has 0 aromatic heterocycles. The summed E-state index contributed by atoms with van der Waals surface area (Å²) >= 11 is 0. The largest absolute Gasteiger partial charge is 0.545 e. The fourth-order valence-electron chi connectivity index (χ4n) is 0.879. The SMILES string of the molecule is C=C(O[Si](C)(C)C)[C@H](C)OC(=O)C(C)(C)C. The molecule has 0 aliphatic heterocycles. The Hall–Kier alpha value is -0.773. The van der Waals surface area contributed by atoms with Crippen LogP contribution >= 0.6 is 0 Å².